The van der Waals surface area contributed by atoms with Crippen LogP contribution in [0.2, 0.25) is 0 Å². The Labute approximate surface area is 209 Å². The van der Waals surface area contributed by atoms with E-state index in [1.807, 2.05) is 6.92 Å². The fraction of sp³-hybridized carbons (Fsp3) is 0.480. The highest BCUT2D eigenvalue weighted by molar-refractivity contribution is 6.43. The molecule has 0 aromatic heterocycles. The van der Waals surface area contributed by atoms with Crippen molar-refractivity contribution in [2.75, 3.05) is 39.3 Å². The first-order valence-corrected chi connectivity index (χ1v) is 12.2. The van der Waals surface area contributed by atoms with Crippen LogP contribution in [0.4, 0.5) is 4.39 Å². The number of ether oxygens (including phenoxy) is 1. The van der Waals surface area contributed by atoms with Crippen molar-refractivity contribution in [3.63, 3.8) is 0 Å². The van der Waals surface area contributed by atoms with Crippen LogP contribution in [0.1, 0.15) is 43.5 Å². The highest BCUT2D eigenvalue weighted by atomic mass is 35.5. The number of nitrogens with one attached hydrogen (secondary N) is 2. The number of amides is 1. The van der Waals surface area contributed by atoms with Gasteiger partial charge in [0.25, 0.3) is 5.91 Å². The first-order chi connectivity index (χ1) is 16.8. The lowest BCUT2D eigenvalue weighted by Gasteiger charge is -2.32. The van der Waals surface area contributed by atoms with Gasteiger partial charge in [0.15, 0.2) is 0 Å². The lowest BCUT2D eigenvalue weighted by atomic mass is 10.1. The monoisotopic (exact) mass is 503 g/mol. The molecular weight excluding hydrogens is 473 g/mol. The number of halogens is 2. The van der Waals surface area contributed by atoms with E-state index in [1.165, 1.54) is 18.2 Å². The molecule has 35 heavy (non-hydrogen) atoms. The van der Waals surface area contributed by atoms with Crippen molar-refractivity contribution < 1.29 is 19.0 Å². The maximum atomic E-state index is 14.1. The van der Waals surface area contributed by atoms with Crippen molar-refractivity contribution in [1.82, 2.24) is 15.1 Å². The molecule has 3 heterocycles. The van der Waals surface area contributed by atoms with Gasteiger partial charge in [0.2, 0.25) is 0 Å². The van der Waals surface area contributed by atoms with Crippen LogP contribution < -0.4 is 10.1 Å². The number of piperidine rings is 1. The summed E-state index contributed by atoms with van der Waals surface area (Å²) in [4.78, 5) is 21.7. The third-order valence-corrected chi connectivity index (χ3v) is 7.06. The van der Waals surface area contributed by atoms with Gasteiger partial charge in [-0.15, -0.1) is 0 Å². The average Bonchev–Trinajstić information content (AvgIpc) is 3.23. The first-order valence-electron chi connectivity index (χ1n) is 11.9. The Hall–Kier alpha value is -2.75. The molecule has 2 fully saturated rings. The molecule has 10 heteroatoms. The normalized spacial score (nSPS) is 21.9. The Morgan fingerprint density at radius 3 is 2.74 bits per heavy atom. The molecule has 4 rings (SSSR count). The molecule has 0 spiro atoms. The number of aliphatic hydroxyl groups is 1. The number of hydrogen-bond acceptors (Lipinski definition) is 7. The minimum absolute atomic E-state index is 0.119. The number of allylic oxidation sites excluding steroid dienone is 2. The molecule has 1 amide bonds. The fourth-order valence-electron chi connectivity index (χ4n) is 4.55. The van der Waals surface area contributed by atoms with Gasteiger partial charge in [-0.3, -0.25) is 4.79 Å². The van der Waals surface area contributed by atoms with Crippen molar-refractivity contribution in [3.8, 4) is 5.75 Å². The molecule has 1 aromatic carbocycles. The van der Waals surface area contributed by atoms with E-state index in [0.717, 1.165) is 44.6 Å². The third-order valence-electron chi connectivity index (χ3n) is 6.50. The second-order valence-electron chi connectivity index (χ2n) is 9.10. The number of likely N-dealkylation sites (tertiary alicyclic amines) is 2. The summed E-state index contributed by atoms with van der Waals surface area (Å²) in [5.41, 5.74) is 2.60. The van der Waals surface area contributed by atoms with E-state index in [0.29, 0.717) is 27.8 Å². The molecule has 3 N–H and O–H groups in total. The molecular formula is C25H31ClFN5O3. The Morgan fingerprint density at radius 2 is 2.06 bits per heavy atom. The number of nitrogens with zero attached hydrogens (tertiary/aromatic N) is 3. The Morgan fingerprint density at radius 1 is 1.31 bits per heavy atom. The molecule has 0 saturated carbocycles. The van der Waals surface area contributed by atoms with E-state index in [2.05, 4.69) is 15.2 Å². The number of aliphatic hydroxyl groups excluding tert-OH is 1. The standard InChI is InChI=1S/C25H31ClFN5O3/c1-15-23(26)16(2)30-24(29-15)20-13-32(14-21(20)28)25(34)19-5-4-17(27)12-22(19)35-18-6-9-31(10-7-18)8-3-11-33/h4-5,12,18,28-29,33H,3,6-11,13-14H2,1-2H3/b24-20+,28-21?. The number of carbonyl (C=O) groups is 1. The minimum Gasteiger partial charge on any atom is -0.489 e. The minimum atomic E-state index is -0.468. The second-order valence-corrected chi connectivity index (χ2v) is 9.48. The van der Waals surface area contributed by atoms with E-state index < -0.39 is 5.82 Å². The molecule has 3 aliphatic heterocycles. The largest absolute Gasteiger partial charge is 0.489 e. The molecule has 0 bridgehead atoms. The first kappa shape index (κ1) is 25.3. The van der Waals surface area contributed by atoms with Crippen LogP contribution in [-0.2, 0) is 0 Å². The van der Waals surface area contributed by atoms with E-state index in [4.69, 9.17) is 26.9 Å². The topological polar surface area (TPSA) is 101 Å². The maximum Gasteiger partial charge on any atom is 0.258 e. The molecule has 0 unspecified atom stereocenters. The predicted octanol–water partition coefficient (Wildman–Crippen LogP) is 3.27. The van der Waals surface area contributed by atoms with Gasteiger partial charge in [0.05, 0.1) is 35.1 Å². The summed E-state index contributed by atoms with van der Waals surface area (Å²) in [6, 6.07) is 3.97. The summed E-state index contributed by atoms with van der Waals surface area (Å²) < 4.78 is 20.2. The molecule has 2 saturated heterocycles. The zero-order valence-corrected chi connectivity index (χ0v) is 20.8. The van der Waals surface area contributed by atoms with Crippen LogP contribution >= 0.6 is 11.6 Å². The van der Waals surface area contributed by atoms with E-state index >= 15 is 0 Å². The number of hydrogen-bond donors (Lipinski definition) is 3. The number of aliphatic imine (C=N–C) groups is 1. The van der Waals surface area contributed by atoms with Crippen LogP contribution in [0, 0.1) is 11.2 Å². The van der Waals surface area contributed by atoms with Gasteiger partial charge in [-0.25, -0.2) is 9.38 Å². The molecule has 188 valence electrons. The summed E-state index contributed by atoms with van der Waals surface area (Å²) in [5, 5.41) is 21.1. The molecule has 3 aliphatic rings. The zero-order valence-electron chi connectivity index (χ0n) is 20.0. The molecule has 0 aliphatic carbocycles. The van der Waals surface area contributed by atoms with Crippen molar-refractivity contribution in [2.45, 2.75) is 39.2 Å². The average molecular weight is 504 g/mol. The highest BCUT2D eigenvalue weighted by Gasteiger charge is 2.32. The lowest BCUT2D eigenvalue weighted by molar-refractivity contribution is 0.0775. The fourth-order valence-corrected chi connectivity index (χ4v) is 4.64. The van der Waals surface area contributed by atoms with Crippen molar-refractivity contribution >= 4 is 28.9 Å². The van der Waals surface area contributed by atoms with Gasteiger partial charge in [-0.2, -0.15) is 0 Å². The Bertz CT molecular complexity index is 1110. The van der Waals surface area contributed by atoms with E-state index in [1.54, 1.807) is 11.8 Å². The van der Waals surface area contributed by atoms with Gasteiger partial charge in [-0.1, -0.05) is 11.6 Å². The maximum absolute atomic E-state index is 14.1. The number of carbonyl (C=O) groups excluding carboxylic acids is 1. The Balaban J connectivity index is 1.48. The van der Waals surface area contributed by atoms with Gasteiger partial charge in [0, 0.05) is 43.6 Å². The summed E-state index contributed by atoms with van der Waals surface area (Å²) >= 11 is 6.21. The van der Waals surface area contributed by atoms with Gasteiger partial charge >= 0.3 is 0 Å². The summed E-state index contributed by atoms with van der Waals surface area (Å²) in [6.07, 6.45) is 2.14. The van der Waals surface area contributed by atoms with E-state index in [-0.39, 0.29) is 43.0 Å². The molecule has 1 aromatic rings. The molecule has 0 radical (unpaired) electrons. The number of benzene rings is 1. The van der Waals surface area contributed by atoms with Gasteiger partial charge in [0.1, 0.15) is 23.5 Å². The van der Waals surface area contributed by atoms with E-state index in [9.17, 15) is 9.18 Å². The predicted molar refractivity (Wildman–Crippen MR) is 134 cm³/mol. The van der Waals surface area contributed by atoms with Crippen LogP contribution in [0.3, 0.4) is 0 Å². The number of rotatable bonds is 6. The molecule has 8 nitrogen and oxygen atoms in total. The smallest absolute Gasteiger partial charge is 0.258 e. The van der Waals surface area contributed by atoms with Gasteiger partial charge < -0.3 is 30.4 Å². The van der Waals surface area contributed by atoms with Crippen LogP contribution in [-0.4, -0.2) is 77.7 Å². The SMILES string of the molecule is CC1=N/C(=C2\CN(C(=O)c3ccc(F)cc3OC3CCN(CCCO)CC3)CC2=N)NC(C)=C1Cl. The van der Waals surface area contributed by atoms with Crippen LogP contribution in [0.15, 0.2) is 45.3 Å². The second kappa shape index (κ2) is 10.9. The van der Waals surface area contributed by atoms with Crippen molar-refractivity contribution in [3.05, 3.63) is 51.7 Å². The quantitative estimate of drug-likeness (QED) is 0.553. The summed E-state index contributed by atoms with van der Waals surface area (Å²) in [6.45, 7) is 6.64. The van der Waals surface area contributed by atoms with Crippen LogP contribution in [0.5, 0.6) is 5.75 Å². The third kappa shape index (κ3) is 5.74. The van der Waals surface area contributed by atoms with Crippen LogP contribution in [0.25, 0.3) is 0 Å². The summed E-state index contributed by atoms with van der Waals surface area (Å²) in [5.74, 6) is -0.0355. The highest BCUT2D eigenvalue weighted by Crippen LogP contribution is 2.29. The Kier molecular flexibility index (Phi) is 7.88. The summed E-state index contributed by atoms with van der Waals surface area (Å²) in [7, 11) is 0. The zero-order chi connectivity index (χ0) is 25.1. The lowest BCUT2D eigenvalue weighted by Crippen LogP contribution is -2.39. The molecule has 0 atom stereocenters. The van der Waals surface area contributed by atoms with Gasteiger partial charge in [-0.05, 0) is 45.2 Å². The van der Waals surface area contributed by atoms with Crippen molar-refractivity contribution in [1.29, 1.82) is 5.41 Å². The van der Waals surface area contributed by atoms with Crippen molar-refractivity contribution in [2.24, 2.45) is 4.99 Å².